The average Bonchev–Trinajstić information content (AvgIpc) is 2.71. The number of aromatic nitrogens is 2. The summed E-state index contributed by atoms with van der Waals surface area (Å²) in [5.41, 5.74) is 0.640. The molecule has 0 spiro atoms. The summed E-state index contributed by atoms with van der Waals surface area (Å²) in [5.74, 6) is -0.310. The van der Waals surface area contributed by atoms with Gasteiger partial charge in [-0.2, -0.15) is 0 Å². The zero-order valence-electron chi connectivity index (χ0n) is 11.9. The van der Waals surface area contributed by atoms with Gasteiger partial charge in [-0.15, -0.1) is 0 Å². The molecule has 0 saturated carbocycles. The van der Waals surface area contributed by atoms with E-state index in [4.69, 9.17) is 5.11 Å². The second-order valence-electron chi connectivity index (χ2n) is 4.83. The largest absolute Gasteiger partial charge is 0.478 e. The topological polar surface area (TPSA) is 86.6 Å². The molecular formula is C14H18N4O3. The molecule has 1 fully saturated rings. The monoisotopic (exact) mass is 290 g/mol. The van der Waals surface area contributed by atoms with E-state index < -0.39 is 5.97 Å². The van der Waals surface area contributed by atoms with E-state index in [0.717, 1.165) is 25.6 Å². The van der Waals surface area contributed by atoms with E-state index in [1.54, 1.807) is 19.3 Å². The van der Waals surface area contributed by atoms with Gasteiger partial charge in [0.25, 0.3) is 0 Å². The van der Waals surface area contributed by atoms with Gasteiger partial charge in [-0.05, 0) is 12.5 Å². The van der Waals surface area contributed by atoms with Crippen LogP contribution in [0, 0.1) is 0 Å². The Morgan fingerprint density at radius 1 is 1.19 bits per heavy atom. The maximum Gasteiger partial charge on any atom is 0.328 e. The van der Waals surface area contributed by atoms with Crippen LogP contribution in [0.15, 0.2) is 18.5 Å². The van der Waals surface area contributed by atoms with Crippen molar-refractivity contribution in [3.8, 4) is 0 Å². The number of hydrogen-bond donors (Lipinski definition) is 1. The van der Waals surface area contributed by atoms with Gasteiger partial charge in [0, 0.05) is 57.1 Å². The van der Waals surface area contributed by atoms with Gasteiger partial charge in [0.1, 0.15) is 0 Å². The average molecular weight is 290 g/mol. The Bertz CT molecular complexity index is 542. The molecular weight excluding hydrogens is 272 g/mol. The van der Waals surface area contributed by atoms with Crippen LogP contribution >= 0.6 is 0 Å². The van der Waals surface area contributed by atoms with Gasteiger partial charge in [0.2, 0.25) is 11.9 Å². The van der Waals surface area contributed by atoms with Crippen LogP contribution in [0.1, 0.15) is 18.9 Å². The molecule has 1 aromatic heterocycles. The molecule has 0 atom stereocenters. The summed E-state index contributed by atoms with van der Waals surface area (Å²) in [6.45, 7) is 4.50. The van der Waals surface area contributed by atoms with Crippen molar-refractivity contribution >= 4 is 23.9 Å². The van der Waals surface area contributed by atoms with Crippen LogP contribution in [0.2, 0.25) is 0 Å². The minimum absolute atomic E-state index is 0.0897. The van der Waals surface area contributed by atoms with Crippen molar-refractivity contribution in [1.82, 2.24) is 14.9 Å². The van der Waals surface area contributed by atoms with E-state index in [0.29, 0.717) is 24.6 Å². The highest BCUT2D eigenvalue weighted by atomic mass is 16.4. The predicted octanol–water partition coefficient (Wildman–Crippen LogP) is 0.633. The van der Waals surface area contributed by atoms with Crippen molar-refractivity contribution in [2.24, 2.45) is 0 Å². The third kappa shape index (κ3) is 4.27. The van der Waals surface area contributed by atoms with Crippen LogP contribution in [0.25, 0.3) is 6.08 Å². The van der Waals surface area contributed by atoms with E-state index in [9.17, 15) is 9.59 Å². The second-order valence-corrected chi connectivity index (χ2v) is 4.83. The van der Waals surface area contributed by atoms with Crippen molar-refractivity contribution in [1.29, 1.82) is 0 Å². The molecule has 0 bridgehead atoms. The lowest BCUT2D eigenvalue weighted by molar-refractivity contribution is -0.131. The first-order chi connectivity index (χ1) is 10.1. The molecule has 0 aliphatic carbocycles. The van der Waals surface area contributed by atoms with Crippen molar-refractivity contribution in [2.45, 2.75) is 13.3 Å². The molecule has 0 radical (unpaired) electrons. The molecule has 1 saturated heterocycles. The van der Waals surface area contributed by atoms with Crippen LogP contribution < -0.4 is 4.90 Å². The smallest absolute Gasteiger partial charge is 0.328 e. The highest BCUT2D eigenvalue weighted by Gasteiger charge is 2.17. The fraction of sp³-hybridized carbons (Fsp3) is 0.429. The minimum Gasteiger partial charge on any atom is -0.478 e. The fourth-order valence-electron chi connectivity index (χ4n) is 2.18. The van der Waals surface area contributed by atoms with Gasteiger partial charge >= 0.3 is 5.97 Å². The Hall–Kier alpha value is -2.44. The molecule has 7 heteroatoms. The molecule has 1 amide bonds. The zero-order valence-corrected chi connectivity index (χ0v) is 11.9. The standard InChI is InChI=1S/C14H18N4O3/c1-11(19)17-5-2-6-18(8-7-17)14-15-9-12(10-16-14)3-4-13(20)21/h3-4,9-10H,2,5-8H2,1H3,(H,20,21)/b4-3+. The highest BCUT2D eigenvalue weighted by molar-refractivity contribution is 5.85. The lowest BCUT2D eigenvalue weighted by Crippen LogP contribution is -2.34. The SMILES string of the molecule is CC(=O)N1CCCN(c2ncc(/C=C/C(=O)O)cn2)CC1. The number of anilines is 1. The number of nitrogens with zero attached hydrogens (tertiary/aromatic N) is 4. The normalized spacial score (nSPS) is 16.0. The second kappa shape index (κ2) is 6.83. The highest BCUT2D eigenvalue weighted by Crippen LogP contribution is 2.12. The third-order valence-electron chi connectivity index (χ3n) is 3.30. The van der Waals surface area contributed by atoms with E-state index in [2.05, 4.69) is 9.97 Å². The number of carboxylic acids is 1. The van der Waals surface area contributed by atoms with Crippen LogP contribution in [-0.2, 0) is 9.59 Å². The molecule has 0 unspecified atom stereocenters. The van der Waals surface area contributed by atoms with Gasteiger partial charge in [-0.25, -0.2) is 14.8 Å². The summed E-state index contributed by atoms with van der Waals surface area (Å²) in [7, 11) is 0. The quantitative estimate of drug-likeness (QED) is 0.822. The van der Waals surface area contributed by atoms with Gasteiger partial charge in [-0.1, -0.05) is 0 Å². The molecule has 2 rings (SSSR count). The molecule has 1 aliphatic rings. The number of carbonyl (C=O) groups excluding carboxylic acids is 1. The molecule has 1 aromatic rings. The summed E-state index contributed by atoms with van der Waals surface area (Å²) in [6.07, 6.45) is 6.56. The fourth-order valence-corrected chi connectivity index (χ4v) is 2.18. The number of hydrogen-bond acceptors (Lipinski definition) is 5. The number of carboxylic acid groups (broad SMARTS) is 1. The van der Waals surface area contributed by atoms with Crippen molar-refractivity contribution in [3.63, 3.8) is 0 Å². The molecule has 21 heavy (non-hydrogen) atoms. The lowest BCUT2D eigenvalue weighted by Gasteiger charge is -2.21. The number of amides is 1. The van der Waals surface area contributed by atoms with Gasteiger partial charge < -0.3 is 14.9 Å². The first kappa shape index (κ1) is 15.0. The van der Waals surface area contributed by atoms with Crippen LogP contribution in [-0.4, -0.2) is 58.0 Å². The van der Waals surface area contributed by atoms with Crippen molar-refractivity contribution in [2.75, 3.05) is 31.1 Å². The Morgan fingerprint density at radius 2 is 1.90 bits per heavy atom. The summed E-state index contributed by atoms with van der Waals surface area (Å²) >= 11 is 0. The molecule has 7 nitrogen and oxygen atoms in total. The molecule has 1 N–H and O–H groups in total. The summed E-state index contributed by atoms with van der Waals surface area (Å²) in [6, 6.07) is 0. The van der Waals surface area contributed by atoms with E-state index >= 15 is 0 Å². The summed E-state index contributed by atoms with van der Waals surface area (Å²) in [5, 5.41) is 8.57. The Balaban J connectivity index is 2.01. The molecule has 112 valence electrons. The third-order valence-corrected chi connectivity index (χ3v) is 3.30. The summed E-state index contributed by atoms with van der Waals surface area (Å²) < 4.78 is 0. The van der Waals surface area contributed by atoms with Crippen LogP contribution in [0.4, 0.5) is 5.95 Å². The number of aliphatic carboxylic acids is 1. The Kier molecular flexibility index (Phi) is 4.86. The Labute approximate surface area is 122 Å². The minimum atomic E-state index is -1.00. The van der Waals surface area contributed by atoms with Crippen molar-refractivity contribution < 1.29 is 14.7 Å². The van der Waals surface area contributed by atoms with E-state index in [1.165, 1.54) is 6.08 Å². The first-order valence-corrected chi connectivity index (χ1v) is 6.80. The first-order valence-electron chi connectivity index (χ1n) is 6.80. The zero-order chi connectivity index (χ0) is 15.2. The van der Waals surface area contributed by atoms with E-state index in [-0.39, 0.29) is 5.91 Å². The van der Waals surface area contributed by atoms with Gasteiger partial charge in [0.05, 0.1) is 0 Å². The molecule has 1 aliphatic heterocycles. The maximum absolute atomic E-state index is 11.4. The van der Waals surface area contributed by atoms with E-state index in [1.807, 2.05) is 9.80 Å². The van der Waals surface area contributed by atoms with Gasteiger partial charge in [0.15, 0.2) is 0 Å². The van der Waals surface area contributed by atoms with Gasteiger partial charge in [-0.3, -0.25) is 4.79 Å². The maximum atomic E-state index is 11.4. The van der Waals surface area contributed by atoms with Crippen LogP contribution in [0.3, 0.4) is 0 Å². The predicted molar refractivity (Wildman–Crippen MR) is 77.8 cm³/mol. The van der Waals surface area contributed by atoms with Crippen molar-refractivity contribution in [3.05, 3.63) is 24.0 Å². The summed E-state index contributed by atoms with van der Waals surface area (Å²) in [4.78, 5) is 34.2. The van der Waals surface area contributed by atoms with Crippen LogP contribution in [0.5, 0.6) is 0 Å². The number of rotatable bonds is 3. The lowest BCUT2D eigenvalue weighted by atomic mass is 10.3. The molecule has 2 heterocycles. The Morgan fingerprint density at radius 3 is 2.52 bits per heavy atom. The number of carbonyl (C=O) groups is 2. The molecule has 0 aromatic carbocycles.